The minimum Gasteiger partial charge on any atom is -0.493 e. The summed E-state index contributed by atoms with van der Waals surface area (Å²) < 4.78 is 26.5. The first kappa shape index (κ1) is 23.6. The van der Waals surface area contributed by atoms with Gasteiger partial charge in [-0.25, -0.2) is 9.59 Å². The van der Waals surface area contributed by atoms with Crippen molar-refractivity contribution in [3.05, 3.63) is 82.8 Å². The first-order valence-corrected chi connectivity index (χ1v) is 10.3. The highest BCUT2D eigenvalue weighted by molar-refractivity contribution is 5.89. The lowest BCUT2D eigenvalue weighted by Crippen LogP contribution is -2.12. The maximum Gasteiger partial charge on any atom is 0.338 e. The number of aromatic nitrogens is 1. The van der Waals surface area contributed by atoms with Gasteiger partial charge in [-0.15, -0.1) is 0 Å². The molecule has 3 rings (SSSR count). The molecule has 0 N–H and O–H groups in total. The number of hydrogen-bond donors (Lipinski definition) is 0. The Morgan fingerprint density at radius 1 is 1.00 bits per heavy atom. The van der Waals surface area contributed by atoms with Crippen molar-refractivity contribution in [1.82, 2.24) is 5.16 Å². The van der Waals surface area contributed by atoms with E-state index in [1.54, 1.807) is 48.5 Å². The number of nitrogens with zero attached hydrogens (tertiary/aromatic N) is 1. The fourth-order valence-electron chi connectivity index (χ4n) is 2.91. The number of hydrogen-bond acceptors (Lipinski definition) is 8. The van der Waals surface area contributed by atoms with E-state index in [4.69, 9.17) is 23.5 Å². The van der Waals surface area contributed by atoms with Crippen LogP contribution >= 0.6 is 0 Å². The third kappa shape index (κ3) is 6.70. The topological polar surface area (TPSA) is 97.1 Å². The molecule has 0 fully saturated rings. The molecular weight excluding hydrogens is 426 g/mol. The van der Waals surface area contributed by atoms with Gasteiger partial charge in [-0.1, -0.05) is 29.4 Å². The predicted octanol–water partition coefficient (Wildman–Crippen LogP) is 4.29. The fourth-order valence-corrected chi connectivity index (χ4v) is 2.91. The zero-order valence-corrected chi connectivity index (χ0v) is 18.7. The van der Waals surface area contributed by atoms with Gasteiger partial charge < -0.3 is 23.5 Å². The van der Waals surface area contributed by atoms with Crippen LogP contribution in [0.25, 0.3) is 6.08 Å². The minimum atomic E-state index is -0.552. The average Bonchev–Trinajstić information content (AvgIpc) is 3.16. The molecule has 0 saturated heterocycles. The monoisotopic (exact) mass is 451 g/mol. The fraction of sp³-hybridized carbons (Fsp3) is 0.240. The summed E-state index contributed by atoms with van der Waals surface area (Å²) in [4.78, 5) is 23.8. The molecule has 0 amide bonds. The normalized spacial score (nSPS) is 10.8. The molecule has 0 bridgehead atoms. The van der Waals surface area contributed by atoms with Crippen LogP contribution in [-0.2, 0) is 20.9 Å². The molecule has 0 spiro atoms. The first-order chi connectivity index (χ1) is 16.0. The highest BCUT2D eigenvalue weighted by Gasteiger charge is 2.12. The summed E-state index contributed by atoms with van der Waals surface area (Å²) in [6, 6.07) is 13.9. The van der Waals surface area contributed by atoms with Crippen molar-refractivity contribution in [3.8, 4) is 11.5 Å². The lowest BCUT2D eigenvalue weighted by molar-refractivity contribution is -0.138. The standard InChI is InChI=1S/C25H25NO7/c1-17-21(18(2)33-26-17)16-32-22-11-9-19(15-23(22)29-3)10-12-24(27)30-13-14-31-25(28)20-7-5-4-6-8-20/h4-12,15H,13-14,16H2,1-3H3/b12-10+. The quantitative estimate of drug-likeness (QED) is 0.256. The molecular formula is C25H25NO7. The molecule has 8 heteroatoms. The summed E-state index contributed by atoms with van der Waals surface area (Å²) in [5.74, 6) is 0.760. The van der Waals surface area contributed by atoms with E-state index in [0.29, 0.717) is 29.4 Å². The number of carbonyl (C=O) groups excluding carboxylic acids is 2. The summed E-state index contributed by atoms with van der Waals surface area (Å²) in [5, 5.41) is 3.91. The van der Waals surface area contributed by atoms with Gasteiger partial charge in [0.2, 0.25) is 0 Å². The number of carbonyl (C=O) groups is 2. The van der Waals surface area contributed by atoms with Gasteiger partial charge >= 0.3 is 11.9 Å². The van der Waals surface area contributed by atoms with Gasteiger partial charge in [-0.05, 0) is 49.8 Å². The minimum absolute atomic E-state index is 0.0295. The number of aryl methyl sites for hydroxylation is 2. The van der Waals surface area contributed by atoms with Crippen LogP contribution in [0.2, 0.25) is 0 Å². The van der Waals surface area contributed by atoms with Crippen molar-refractivity contribution in [2.75, 3.05) is 20.3 Å². The smallest absolute Gasteiger partial charge is 0.338 e. The first-order valence-electron chi connectivity index (χ1n) is 10.3. The van der Waals surface area contributed by atoms with Crippen LogP contribution in [0.3, 0.4) is 0 Å². The van der Waals surface area contributed by atoms with E-state index in [1.165, 1.54) is 13.2 Å². The second kappa shape index (κ2) is 11.5. The lowest BCUT2D eigenvalue weighted by atomic mass is 10.2. The van der Waals surface area contributed by atoms with E-state index in [0.717, 1.165) is 16.8 Å². The van der Waals surface area contributed by atoms with E-state index in [9.17, 15) is 9.59 Å². The van der Waals surface area contributed by atoms with Gasteiger partial charge in [-0.3, -0.25) is 0 Å². The van der Waals surface area contributed by atoms with Gasteiger partial charge in [0.25, 0.3) is 0 Å². The van der Waals surface area contributed by atoms with Crippen LogP contribution in [0.5, 0.6) is 11.5 Å². The van der Waals surface area contributed by atoms with Crippen molar-refractivity contribution in [3.63, 3.8) is 0 Å². The Bertz CT molecular complexity index is 1100. The summed E-state index contributed by atoms with van der Waals surface area (Å²) in [6.07, 6.45) is 2.89. The summed E-state index contributed by atoms with van der Waals surface area (Å²) in [6.45, 7) is 3.91. The Labute approximate surface area is 191 Å². The third-order valence-corrected chi connectivity index (χ3v) is 4.72. The Balaban J connectivity index is 1.47. The van der Waals surface area contributed by atoms with Crippen LogP contribution in [0, 0.1) is 13.8 Å². The highest BCUT2D eigenvalue weighted by atomic mass is 16.6. The van der Waals surface area contributed by atoms with E-state index in [2.05, 4.69) is 5.16 Å². The summed E-state index contributed by atoms with van der Waals surface area (Å²) in [5.41, 5.74) is 2.83. The molecule has 0 aliphatic rings. The molecule has 3 aromatic rings. The molecule has 0 saturated carbocycles. The maximum atomic E-state index is 11.9. The molecule has 8 nitrogen and oxygen atoms in total. The van der Waals surface area contributed by atoms with Crippen LogP contribution in [-0.4, -0.2) is 37.4 Å². The maximum absolute atomic E-state index is 11.9. The van der Waals surface area contributed by atoms with Crippen molar-refractivity contribution in [1.29, 1.82) is 0 Å². The SMILES string of the molecule is COc1cc(/C=C/C(=O)OCCOC(=O)c2ccccc2)ccc1OCc1c(C)noc1C. The number of benzene rings is 2. The van der Waals surface area contributed by atoms with Crippen molar-refractivity contribution in [2.24, 2.45) is 0 Å². The van der Waals surface area contributed by atoms with Gasteiger partial charge in [0, 0.05) is 6.08 Å². The van der Waals surface area contributed by atoms with Crippen LogP contribution in [0.15, 0.2) is 59.1 Å². The zero-order chi connectivity index (χ0) is 23.6. The molecule has 0 unspecified atom stereocenters. The van der Waals surface area contributed by atoms with Crippen LogP contribution < -0.4 is 9.47 Å². The number of esters is 2. The lowest BCUT2D eigenvalue weighted by Gasteiger charge is -2.11. The summed E-state index contributed by atoms with van der Waals surface area (Å²) in [7, 11) is 1.54. The van der Waals surface area contributed by atoms with Gasteiger partial charge in [0.05, 0.1) is 23.9 Å². The molecule has 0 aliphatic carbocycles. The molecule has 172 valence electrons. The number of rotatable bonds is 10. The van der Waals surface area contributed by atoms with Crippen molar-refractivity contribution >= 4 is 18.0 Å². The van der Waals surface area contributed by atoms with E-state index >= 15 is 0 Å². The molecule has 1 heterocycles. The van der Waals surface area contributed by atoms with Gasteiger partial charge in [0.1, 0.15) is 25.6 Å². The van der Waals surface area contributed by atoms with Crippen molar-refractivity contribution in [2.45, 2.75) is 20.5 Å². The van der Waals surface area contributed by atoms with Gasteiger partial charge in [-0.2, -0.15) is 0 Å². The molecule has 2 aromatic carbocycles. The van der Waals surface area contributed by atoms with E-state index in [-0.39, 0.29) is 13.2 Å². The third-order valence-electron chi connectivity index (χ3n) is 4.72. The Hall–Kier alpha value is -4.07. The second-order valence-electron chi connectivity index (χ2n) is 7.00. The molecule has 0 radical (unpaired) electrons. The Morgan fingerprint density at radius 2 is 1.76 bits per heavy atom. The summed E-state index contributed by atoms with van der Waals surface area (Å²) >= 11 is 0. The second-order valence-corrected chi connectivity index (χ2v) is 7.00. The van der Waals surface area contributed by atoms with E-state index < -0.39 is 11.9 Å². The van der Waals surface area contributed by atoms with Crippen LogP contribution in [0.4, 0.5) is 0 Å². The Kier molecular flexibility index (Phi) is 8.24. The largest absolute Gasteiger partial charge is 0.493 e. The number of ether oxygens (including phenoxy) is 4. The number of methoxy groups -OCH3 is 1. The predicted molar refractivity (Wildman–Crippen MR) is 120 cm³/mol. The van der Waals surface area contributed by atoms with Crippen LogP contribution in [0.1, 0.15) is 32.9 Å². The Morgan fingerprint density at radius 3 is 2.45 bits per heavy atom. The average molecular weight is 451 g/mol. The molecule has 0 atom stereocenters. The molecule has 1 aromatic heterocycles. The molecule has 33 heavy (non-hydrogen) atoms. The van der Waals surface area contributed by atoms with Gasteiger partial charge in [0.15, 0.2) is 11.5 Å². The highest BCUT2D eigenvalue weighted by Crippen LogP contribution is 2.30. The van der Waals surface area contributed by atoms with Crippen molar-refractivity contribution < 1.29 is 33.1 Å². The zero-order valence-electron chi connectivity index (χ0n) is 18.7. The van der Waals surface area contributed by atoms with E-state index in [1.807, 2.05) is 19.9 Å². The molecule has 0 aliphatic heterocycles.